The van der Waals surface area contributed by atoms with E-state index in [1.807, 2.05) is 22.7 Å². The van der Waals surface area contributed by atoms with Gasteiger partial charge in [-0.05, 0) is 47.5 Å². The topological polar surface area (TPSA) is 12.9 Å². The predicted molar refractivity (Wildman–Crippen MR) is 176 cm³/mol. The van der Waals surface area contributed by atoms with Crippen LogP contribution in [0, 0.1) is 0 Å². The van der Waals surface area contributed by atoms with Gasteiger partial charge in [0.05, 0.1) is 11.2 Å². The van der Waals surface area contributed by atoms with Crippen molar-refractivity contribution in [2.24, 2.45) is 0 Å². The summed E-state index contributed by atoms with van der Waals surface area (Å²) in [4.78, 5) is 5.26. The maximum Gasteiger partial charge on any atom is 0.0788 e. The van der Waals surface area contributed by atoms with Gasteiger partial charge in [0.1, 0.15) is 0 Å². The highest BCUT2D eigenvalue weighted by atomic mass is 32.1. The first-order valence-electron chi connectivity index (χ1n) is 13.5. The van der Waals surface area contributed by atoms with Crippen molar-refractivity contribution in [2.75, 3.05) is 0 Å². The molecule has 0 saturated carbocycles. The number of nitrogens with zero attached hydrogens (tertiary/aromatic N) is 1. The molecule has 0 bridgehead atoms. The average molecular weight is 544 g/mol. The van der Waals surface area contributed by atoms with Gasteiger partial charge in [0, 0.05) is 62.1 Å². The van der Waals surface area contributed by atoms with E-state index < -0.39 is 0 Å². The van der Waals surface area contributed by atoms with Gasteiger partial charge in [0.25, 0.3) is 0 Å². The molecular weight excluding hydrogens is 523 g/mol. The Kier molecular flexibility index (Phi) is 4.71. The van der Waals surface area contributed by atoms with Crippen LogP contribution in [0.1, 0.15) is 0 Å². The highest BCUT2D eigenvalue weighted by Gasteiger charge is 2.17. The SMILES string of the molecule is c1ccc(-c2nc3ccc(-c4ccc5c(c4)sc4ccccc45)cc3c3c2ccc2sc4ccccc4c23)cc1. The number of hydrogen-bond acceptors (Lipinski definition) is 3. The first-order valence-corrected chi connectivity index (χ1v) is 15.1. The van der Waals surface area contributed by atoms with Crippen LogP contribution < -0.4 is 0 Å². The van der Waals surface area contributed by atoms with E-state index in [-0.39, 0.29) is 0 Å². The molecular formula is C37H21NS2. The molecule has 0 radical (unpaired) electrons. The van der Waals surface area contributed by atoms with Crippen LogP contribution >= 0.6 is 22.7 Å². The standard InChI is InChI=1S/C37H21NS2/c1-2-8-22(9-3-1)37-28-17-19-33-36(27-11-5-7-13-32(27)39-33)35(28)29-20-23(15-18-30(29)38-37)24-14-16-26-25-10-4-6-12-31(25)40-34(26)21-24/h1-21H. The summed E-state index contributed by atoms with van der Waals surface area (Å²) in [6.07, 6.45) is 0. The van der Waals surface area contributed by atoms with Crippen LogP contribution in [0.25, 0.3) is 84.4 Å². The first-order chi connectivity index (χ1) is 19.8. The number of benzene rings is 6. The molecule has 186 valence electrons. The Morgan fingerprint density at radius 3 is 1.90 bits per heavy atom. The number of thiophene rings is 2. The van der Waals surface area contributed by atoms with E-state index in [9.17, 15) is 0 Å². The number of hydrogen-bond donors (Lipinski definition) is 0. The van der Waals surface area contributed by atoms with Crippen molar-refractivity contribution in [1.29, 1.82) is 0 Å². The third kappa shape index (κ3) is 3.22. The summed E-state index contributed by atoms with van der Waals surface area (Å²) < 4.78 is 5.30. The van der Waals surface area contributed by atoms with Gasteiger partial charge in [-0.25, -0.2) is 4.98 Å². The monoisotopic (exact) mass is 543 g/mol. The summed E-state index contributed by atoms with van der Waals surface area (Å²) in [7, 11) is 0. The Hall–Kier alpha value is -4.57. The van der Waals surface area contributed by atoms with Crippen molar-refractivity contribution in [3.8, 4) is 22.4 Å². The minimum absolute atomic E-state index is 1.03. The molecule has 9 rings (SSSR count). The minimum Gasteiger partial charge on any atom is -0.247 e. The lowest BCUT2D eigenvalue weighted by molar-refractivity contribution is 1.43. The summed E-state index contributed by atoms with van der Waals surface area (Å²) in [5, 5.41) is 9.02. The molecule has 1 nitrogen and oxygen atoms in total. The van der Waals surface area contributed by atoms with E-state index in [2.05, 4.69) is 127 Å². The highest BCUT2D eigenvalue weighted by Crippen LogP contribution is 2.44. The quantitative estimate of drug-likeness (QED) is 0.198. The van der Waals surface area contributed by atoms with Crippen LogP contribution in [-0.4, -0.2) is 4.98 Å². The van der Waals surface area contributed by atoms with Crippen LogP contribution in [0.15, 0.2) is 127 Å². The van der Waals surface area contributed by atoms with Crippen molar-refractivity contribution in [3.05, 3.63) is 127 Å². The first kappa shape index (κ1) is 22.3. The molecule has 0 aliphatic heterocycles. The van der Waals surface area contributed by atoms with E-state index in [0.29, 0.717) is 0 Å². The summed E-state index contributed by atoms with van der Waals surface area (Å²) in [6.45, 7) is 0. The lowest BCUT2D eigenvalue weighted by Gasteiger charge is -2.13. The number of fused-ring (bicyclic) bond motifs is 10. The molecule has 3 heteroatoms. The molecule has 40 heavy (non-hydrogen) atoms. The molecule has 0 saturated heterocycles. The van der Waals surface area contributed by atoms with E-state index in [1.54, 1.807) is 0 Å². The van der Waals surface area contributed by atoms with Crippen LogP contribution in [0.3, 0.4) is 0 Å². The zero-order valence-electron chi connectivity index (χ0n) is 21.4. The number of aromatic nitrogens is 1. The van der Waals surface area contributed by atoms with Gasteiger partial charge in [-0.3, -0.25) is 0 Å². The Morgan fingerprint density at radius 1 is 0.375 bits per heavy atom. The van der Waals surface area contributed by atoms with E-state index in [1.165, 1.54) is 67.6 Å². The normalized spacial score (nSPS) is 12.0. The lowest BCUT2D eigenvalue weighted by Crippen LogP contribution is -1.91. The third-order valence-corrected chi connectivity index (χ3v) is 10.3. The van der Waals surface area contributed by atoms with Crippen LogP contribution in [0.2, 0.25) is 0 Å². The molecule has 0 aliphatic carbocycles. The molecule has 0 atom stereocenters. The summed E-state index contributed by atoms with van der Waals surface area (Å²) >= 11 is 3.74. The Morgan fingerprint density at radius 2 is 1.02 bits per heavy atom. The van der Waals surface area contributed by atoms with E-state index in [4.69, 9.17) is 4.98 Å². The smallest absolute Gasteiger partial charge is 0.0788 e. The number of rotatable bonds is 2. The van der Waals surface area contributed by atoms with Crippen LogP contribution in [0.5, 0.6) is 0 Å². The van der Waals surface area contributed by atoms with Crippen molar-refractivity contribution >= 4 is 84.7 Å². The highest BCUT2D eigenvalue weighted by molar-refractivity contribution is 7.26. The number of pyridine rings is 1. The van der Waals surface area contributed by atoms with Crippen molar-refractivity contribution < 1.29 is 0 Å². The van der Waals surface area contributed by atoms with E-state index >= 15 is 0 Å². The second-order valence-electron chi connectivity index (χ2n) is 10.3. The van der Waals surface area contributed by atoms with Gasteiger partial charge in [0.2, 0.25) is 0 Å². The van der Waals surface area contributed by atoms with E-state index in [0.717, 1.165) is 16.8 Å². The zero-order chi connectivity index (χ0) is 26.2. The van der Waals surface area contributed by atoms with Gasteiger partial charge in [-0.1, -0.05) is 91.0 Å². The second-order valence-corrected chi connectivity index (χ2v) is 12.5. The molecule has 0 N–H and O–H groups in total. The van der Waals surface area contributed by atoms with Gasteiger partial charge in [-0.15, -0.1) is 22.7 Å². The second kappa shape index (κ2) is 8.46. The summed E-state index contributed by atoms with van der Waals surface area (Å²) in [5.74, 6) is 0. The van der Waals surface area contributed by atoms with Gasteiger partial charge < -0.3 is 0 Å². The zero-order valence-corrected chi connectivity index (χ0v) is 23.0. The fourth-order valence-electron chi connectivity index (χ4n) is 6.21. The fourth-order valence-corrected chi connectivity index (χ4v) is 8.47. The fraction of sp³-hybridized carbons (Fsp3) is 0. The molecule has 9 aromatic rings. The lowest BCUT2D eigenvalue weighted by atomic mass is 9.94. The van der Waals surface area contributed by atoms with Crippen molar-refractivity contribution in [2.45, 2.75) is 0 Å². The molecule has 0 amide bonds. The predicted octanol–water partition coefficient (Wildman–Crippen LogP) is 11.5. The van der Waals surface area contributed by atoms with Gasteiger partial charge in [-0.2, -0.15) is 0 Å². The summed E-state index contributed by atoms with van der Waals surface area (Å²) in [6, 6.07) is 46.3. The average Bonchev–Trinajstić information content (AvgIpc) is 3.58. The molecule has 3 aromatic heterocycles. The Labute approximate surface area is 238 Å². The molecule has 0 spiro atoms. The van der Waals surface area contributed by atoms with Crippen molar-refractivity contribution in [1.82, 2.24) is 4.98 Å². The molecule has 0 fully saturated rings. The minimum atomic E-state index is 1.03. The largest absolute Gasteiger partial charge is 0.247 e. The van der Waals surface area contributed by atoms with Crippen LogP contribution in [-0.2, 0) is 0 Å². The van der Waals surface area contributed by atoms with Crippen molar-refractivity contribution in [3.63, 3.8) is 0 Å². The maximum absolute atomic E-state index is 5.26. The Balaban J connectivity index is 1.38. The van der Waals surface area contributed by atoms with Gasteiger partial charge in [0.15, 0.2) is 0 Å². The Bertz CT molecular complexity index is 2430. The summed E-state index contributed by atoms with van der Waals surface area (Å²) in [5.41, 5.74) is 5.68. The molecule has 0 unspecified atom stereocenters. The third-order valence-electron chi connectivity index (χ3n) is 8.06. The molecule has 0 aliphatic rings. The molecule has 6 aromatic carbocycles. The van der Waals surface area contributed by atoms with Crippen LogP contribution in [0.4, 0.5) is 0 Å². The maximum atomic E-state index is 5.26. The molecule has 3 heterocycles. The van der Waals surface area contributed by atoms with Gasteiger partial charge >= 0.3 is 0 Å².